The number of carbonyl (C=O) groups is 2. The van der Waals surface area contributed by atoms with Crippen LogP contribution in [0, 0.1) is 22.9 Å². The van der Waals surface area contributed by atoms with Crippen molar-refractivity contribution in [3.8, 4) is 0 Å². The molecule has 3 aliphatic rings. The monoisotopic (exact) mass is 547 g/mol. The van der Waals surface area contributed by atoms with Gasteiger partial charge in [-0.1, -0.05) is 6.08 Å². The van der Waals surface area contributed by atoms with Crippen molar-refractivity contribution in [1.29, 1.82) is 0 Å². The van der Waals surface area contributed by atoms with Crippen LogP contribution >= 0.6 is 0 Å². The predicted molar refractivity (Wildman–Crippen MR) is 123 cm³/mol. The quantitative estimate of drug-likeness (QED) is 0.413. The highest BCUT2D eigenvalue weighted by Gasteiger charge is 2.47. The van der Waals surface area contributed by atoms with Gasteiger partial charge in [-0.05, 0) is 24.8 Å². The SMILES string of the molecule is O=C(OC1CCOC1)N1CCC(CS(=O)(=O)N2CC=C(c3c(F)cc(F)cc3F)CC2)(C(=O)NO)CC1. The number of piperidine rings is 1. The number of halogens is 3. The Morgan fingerprint density at radius 1 is 1.16 bits per heavy atom. The third-order valence-electron chi connectivity index (χ3n) is 7.07. The molecule has 14 heteroatoms. The summed E-state index contributed by atoms with van der Waals surface area (Å²) in [6, 6.07) is 1.12. The molecule has 1 atom stereocenters. The van der Waals surface area contributed by atoms with Gasteiger partial charge in [-0.25, -0.2) is 31.9 Å². The summed E-state index contributed by atoms with van der Waals surface area (Å²) in [5.74, 6) is -4.72. The highest BCUT2D eigenvalue weighted by molar-refractivity contribution is 7.89. The Morgan fingerprint density at radius 3 is 2.38 bits per heavy atom. The van der Waals surface area contributed by atoms with Gasteiger partial charge < -0.3 is 14.4 Å². The van der Waals surface area contributed by atoms with Crippen molar-refractivity contribution in [2.45, 2.75) is 31.8 Å². The van der Waals surface area contributed by atoms with Crippen molar-refractivity contribution in [3.63, 3.8) is 0 Å². The fourth-order valence-corrected chi connectivity index (χ4v) is 6.89. The minimum atomic E-state index is -4.07. The van der Waals surface area contributed by atoms with Gasteiger partial charge >= 0.3 is 6.09 Å². The highest BCUT2D eigenvalue weighted by atomic mass is 32.2. The molecule has 2 N–H and O–H groups in total. The standard InChI is InChI=1S/C23H28F3N3O7S/c24-16-11-18(25)20(19(26)12-16)15-1-6-29(7-2-15)37(33,34)14-23(21(30)27-32)4-8-28(9-5-23)22(31)36-17-3-10-35-13-17/h1,11-12,17,32H,2-10,13-14H2,(H,27,30). The van der Waals surface area contributed by atoms with E-state index in [2.05, 4.69) is 0 Å². The van der Waals surface area contributed by atoms with E-state index in [-0.39, 0.29) is 57.1 Å². The number of carbonyl (C=O) groups excluding carboxylic acids is 2. The van der Waals surface area contributed by atoms with E-state index in [0.29, 0.717) is 31.8 Å². The summed E-state index contributed by atoms with van der Waals surface area (Å²) >= 11 is 0. The summed E-state index contributed by atoms with van der Waals surface area (Å²) in [5, 5.41) is 9.32. The van der Waals surface area contributed by atoms with Crippen LogP contribution in [-0.2, 0) is 24.3 Å². The second-order valence-corrected chi connectivity index (χ2v) is 11.4. The van der Waals surface area contributed by atoms with Crippen LogP contribution in [0.15, 0.2) is 18.2 Å². The average Bonchev–Trinajstić information content (AvgIpc) is 3.36. The maximum Gasteiger partial charge on any atom is 0.410 e. The van der Waals surface area contributed by atoms with Crippen LogP contribution in [-0.4, -0.2) is 86.1 Å². The lowest BCUT2D eigenvalue weighted by Crippen LogP contribution is -2.54. The lowest BCUT2D eigenvalue weighted by Gasteiger charge is -2.40. The minimum absolute atomic E-state index is 0.0254. The second-order valence-electron chi connectivity index (χ2n) is 9.42. The van der Waals surface area contributed by atoms with Gasteiger partial charge in [0.15, 0.2) is 0 Å². The zero-order chi connectivity index (χ0) is 26.8. The maximum atomic E-state index is 14.2. The Labute approximate surface area is 212 Å². The Bertz CT molecular complexity index is 1160. The number of sulfonamides is 1. The van der Waals surface area contributed by atoms with Crippen molar-refractivity contribution >= 4 is 27.6 Å². The molecular formula is C23H28F3N3O7S. The van der Waals surface area contributed by atoms with Crippen LogP contribution in [0.1, 0.15) is 31.2 Å². The van der Waals surface area contributed by atoms with E-state index in [9.17, 15) is 36.4 Å². The molecule has 0 spiro atoms. The number of rotatable bonds is 6. The molecule has 0 radical (unpaired) electrons. The van der Waals surface area contributed by atoms with Crippen LogP contribution < -0.4 is 5.48 Å². The lowest BCUT2D eigenvalue weighted by molar-refractivity contribution is -0.141. The van der Waals surface area contributed by atoms with E-state index in [1.165, 1.54) is 11.0 Å². The van der Waals surface area contributed by atoms with Gasteiger partial charge in [0.25, 0.3) is 5.91 Å². The number of likely N-dealkylation sites (tertiary alicyclic amines) is 1. The summed E-state index contributed by atoms with van der Waals surface area (Å²) in [6.45, 7) is 0.582. The van der Waals surface area contributed by atoms with E-state index >= 15 is 0 Å². The minimum Gasteiger partial charge on any atom is -0.444 e. The van der Waals surface area contributed by atoms with Crippen molar-refractivity contribution in [3.05, 3.63) is 41.2 Å². The zero-order valence-corrected chi connectivity index (χ0v) is 20.7. The van der Waals surface area contributed by atoms with Gasteiger partial charge in [-0.15, -0.1) is 0 Å². The van der Waals surface area contributed by atoms with E-state index in [0.717, 1.165) is 4.31 Å². The number of hydrogen-bond donors (Lipinski definition) is 2. The predicted octanol–water partition coefficient (Wildman–Crippen LogP) is 2.04. The zero-order valence-electron chi connectivity index (χ0n) is 19.9. The topological polar surface area (TPSA) is 125 Å². The molecule has 37 heavy (non-hydrogen) atoms. The summed E-state index contributed by atoms with van der Waals surface area (Å²) < 4.78 is 79.7. The molecule has 3 heterocycles. The Kier molecular flexibility index (Phi) is 8.11. The molecule has 4 rings (SSSR count). The number of hydrogen-bond acceptors (Lipinski definition) is 7. The smallest absolute Gasteiger partial charge is 0.410 e. The van der Waals surface area contributed by atoms with Gasteiger partial charge in [0.05, 0.1) is 24.4 Å². The van der Waals surface area contributed by atoms with Crippen LogP contribution in [0.25, 0.3) is 5.57 Å². The van der Waals surface area contributed by atoms with Crippen molar-refractivity contribution in [2.75, 3.05) is 45.1 Å². The molecule has 0 aliphatic carbocycles. The van der Waals surface area contributed by atoms with Gasteiger partial charge in [-0.3, -0.25) is 10.0 Å². The molecule has 0 bridgehead atoms. The van der Waals surface area contributed by atoms with Gasteiger partial charge in [-0.2, -0.15) is 4.31 Å². The molecule has 10 nitrogen and oxygen atoms in total. The molecular weight excluding hydrogens is 519 g/mol. The third kappa shape index (κ3) is 5.92. The third-order valence-corrected chi connectivity index (χ3v) is 9.11. The number of amides is 2. The average molecular weight is 548 g/mol. The van der Waals surface area contributed by atoms with Crippen molar-refractivity contribution < 1.29 is 45.9 Å². The first-order valence-electron chi connectivity index (χ1n) is 11.8. The van der Waals surface area contributed by atoms with E-state index in [1.807, 2.05) is 0 Å². The van der Waals surface area contributed by atoms with E-state index in [1.54, 1.807) is 5.48 Å². The molecule has 1 unspecified atom stereocenters. The largest absolute Gasteiger partial charge is 0.444 e. The van der Waals surface area contributed by atoms with Gasteiger partial charge in [0.2, 0.25) is 10.0 Å². The lowest BCUT2D eigenvalue weighted by atomic mass is 9.79. The summed E-state index contributed by atoms with van der Waals surface area (Å²) in [6.07, 6.45) is 0.916. The maximum absolute atomic E-state index is 14.2. The molecule has 3 aliphatic heterocycles. The Balaban J connectivity index is 1.43. The molecule has 0 saturated carbocycles. The normalized spacial score (nSPS) is 22.4. The summed E-state index contributed by atoms with van der Waals surface area (Å²) in [7, 11) is -4.07. The van der Waals surface area contributed by atoms with Crippen LogP contribution in [0.5, 0.6) is 0 Å². The molecule has 1 aromatic rings. The number of ether oxygens (including phenoxy) is 2. The first kappa shape index (κ1) is 27.4. The van der Waals surface area contributed by atoms with E-state index < -0.39 is 56.2 Å². The van der Waals surface area contributed by atoms with Gasteiger partial charge in [0.1, 0.15) is 23.6 Å². The number of hydroxylamine groups is 1. The van der Waals surface area contributed by atoms with E-state index in [4.69, 9.17) is 9.47 Å². The summed E-state index contributed by atoms with van der Waals surface area (Å²) in [4.78, 5) is 26.4. The van der Waals surface area contributed by atoms with Crippen molar-refractivity contribution in [2.24, 2.45) is 5.41 Å². The molecule has 1 aromatic carbocycles. The van der Waals surface area contributed by atoms with Crippen LogP contribution in [0.4, 0.5) is 18.0 Å². The highest BCUT2D eigenvalue weighted by Crippen LogP contribution is 2.36. The Morgan fingerprint density at radius 2 is 1.84 bits per heavy atom. The number of benzene rings is 1. The first-order chi connectivity index (χ1) is 17.5. The molecule has 2 fully saturated rings. The van der Waals surface area contributed by atoms with Crippen LogP contribution in [0.3, 0.4) is 0 Å². The molecule has 204 valence electrons. The van der Waals surface area contributed by atoms with Gasteiger partial charge in [0, 0.05) is 50.3 Å². The fraction of sp³-hybridized carbons (Fsp3) is 0.565. The van der Waals surface area contributed by atoms with Crippen LogP contribution in [0.2, 0.25) is 0 Å². The molecule has 0 aromatic heterocycles. The molecule has 2 saturated heterocycles. The Hall–Kier alpha value is -2.68. The van der Waals surface area contributed by atoms with Crippen molar-refractivity contribution in [1.82, 2.24) is 14.7 Å². The number of nitrogens with zero attached hydrogens (tertiary/aromatic N) is 2. The number of nitrogens with one attached hydrogen (secondary N) is 1. The second kappa shape index (κ2) is 11.0. The fourth-order valence-electron chi connectivity index (χ4n) is 4.92. The molecule has 2 amide bonds. The first-order valence-corrected chi connectivity index (χ1v) is 13.5. The summed E-state index contributed by atoms with van der Waals surface area (Å²) in [5.41, 5.74) is -0.142.